The number of nitrogens with zero attached hydrogens (tertiary/aromatic N) is 1. The molecule has 0 aliphatic rings. The Morgan fingerprint density at radius 2 is 2.07 bits per heavy atom. The number of hydrogen-bond acceptors (Lipinski definition) is 4. The van der Waals surface area contributed by atoms with Gasteiger partial charge in [0.2, 0.25) is 0 Å². The Kier molecular flexibility index (Phi) is 5.73. The van der Waals surface area contributed by atoms with Gasteiger partial charge in [0, 0.05) is 27.7 Å². The fourth-order valence-electron chi connectivity index (χ4n) is 0.761. The van der Waals surface area contributed by atoms with Crippen LogP contribution in [-0.2, 0) is 19.7 Å². The zero-order valence-electron chi connectivity index (χ0n) is 8.93. The van der Waals surface area contributed by atoms with Crippen LogP contribution < -0.4 is 4.72 Å². The molecule has 8 heteroatoms. The second-order valence-corrected chi connectivity index (χ2v) is 5.06. The van der Waals surface area contributed by atoms with Gasteiger partial charge in [-0.05, 0) is 0 Å². The van der Waals surface area contributed by atoms with Gasteiger partial charge in [0.15, 0.2) is 0 Å². The number of hydrogen-bond donors (Lipinski definition) is 2. The van der Waals surface area contributed by atoms with Crippen molar-refractivity contribution in [2.24, 2.45) is 0 Å². The fraction of sp³-hybridized carbons (Fsp3) is 0.857. The maximum absolute atomic E-state index is 11.2. The van der Waals surface area contributed by atoms with E-state index < -0.39 is 22.3 Å². The van der Waals surface area contributed by atoms with Gasteiger partial charge in [0.05, 0.1) is 12.5 Å². The van der Waals surface area contributed by atoms with Gasteiger partial charge < -0.3 is 9.84 Å². The molecule has 15 heavy (non-hydrogen) atoms. The molecule has 0 saturated heterocycles. The van der Waals surface area contributed by atoms with E-state index >= 15 is 0 Å². The van der Waals surface area contributed by atoms with Crippen molar-refractivity contribution in [3.8, 4) is 0 Å². The summed E-state index contributed by atoms with van der Waals surface area (Å²) in [4.78, 5) is 10.4. The first-order valence-electron chi connectivity index (χ1n) is 4.21. The first-order valence-corrected chi connectivity index (χ1v) is 5.65. The van der Waals surface area contributed by atoms with Crippen molar-refractivity contribution < 1.29 is 23.1 Å². The van der Waals surface area contributed by atoms with Gasteiger partial charge in [-0.2, -0.15) is 17.4 Å². The summed E-state index contributed by atoms with van der Waals surface area (Å²) in [6.07, 6.45) is -0.913. The highest BCUT2D eigenvalue weighted by atomic mass is 32.2. The highest BCUT2D eigenvalue weighted by Gasteiger charge is 2.18. The zero-order chi connectivity index (χ0) is 12.1. The summed E-state index contributed by atoms with van der Waals surface area (Å²) in [5, 5.41) is 8.49. The molecule has 0 heterocycles. The Hall–Kier alpha value is -0.700. The van der Waals surface area contributed by atoms with E-state index in [1.165, 1.54) is 21.2 Å². The molecule has 0 spiro atoms. The molecule has 0 fully saturated rings. The molecule has 0 saturated carbocycles. The van der Waals surface area contributed by atoms with Crippen LogP contribution in [0, 0.1) is 0 Å². The third-order valence-corrected chi connectivity index (χ3v) is 3.20. The van der Waals surface area contributed by atoms with Gasteiger partial charge in [-0.1, -0.05) is 0 Å². The van der Waals surface area contributed by atoms with Crippen molar-refractivity contribution in [2.45, 2.75) is 12.5 Å². The van der Waals surface area contributed by atoms with E-state index in [0.717, 1.165) is 4.31 Å². The maximum atomic E-state index is 11.2. The van der Waals surface area contributed by atoms with Gasteiger partial charge in [-0.25, -0.2) is 0 Å². The molecule has 0 rings (SSSR count). The average molecular weight is 240 g/mol. The molecule has 7 nitrogen and oxygen atoms in total. The molecular formula is C7H16N2O5S. The summed E-state index contributed by atoms with van der Waals surface area (Å²) in [6.45, 7) is -0.0662. The van der Waals surface area contributed by atoms with Gasteiger partial charge >= 0.3 is 5.97 Å². The predicted octanol–water partition coefficient (Wildman–Crippen LogP) is -1.13. The second-order valence-electron chi connectivity index (χ2n) is 3.09. The monoisotopic (exact) mass is 240 g/mol. The summed E-state index contributed by atoms with van der Waals surface area (Å²) in [5.41, 5.74) is 0. The summed E-state index contributed by atoms with van der Waals surface area (Å²) >= 11 is 0. The van der Waals surface area contributed by atoms with Crippen LogP contribution in [0.3, 0.4) is 0 Å². The van der Waals surface area contributed by atoms with Crippen molar-refractivity contribution in [1.29, 1.82) is 0 Å². The zero-order valence-corrected chi connectivity index (χ0v) is 9.74. The van der Waals surface area contributed by atoms with Crippen LogP contribution in [-0.4, -0.2) is 57.7 Å². The number of nitrogens with one attached hydrogen (secondary N) is 1. The molecular weight excluding hydrogens is 224 g/mol. The molecule has 0 aromatic rings. The smallest absolute Gasteiger partial charge is 0.306 e. The third-order valence-electron chi connectivity index (χ3n) is 1.71. The fourth-order valence-corrected chi connectivity index (χ4v) is 1.42. The lowest BCUT2D eigenvalue weighted by Gasteiger charge is -2.16. The lowest BCUT2D eigenvalue weighted by atomic mass is 10.2. The van der Waals surface area contributed by atoms with Crippen molar-refractivity contribution in [1.82, 2.24) is 9.03 Å². The highest BCUT2D eigenvalue weighted by molar-refractivity contribution is 7.87. The minimum atomic E-state index is -3.53. The molecule has 0 aromatic heterocycles. The summed E-state index contributed by atoms with van der Waals surface area (Å²) < 4.78 is 30.5. The maximum Gasteiger partial charge on any atom is 0.306 e. The summed E-state index contributed by atoms with van der Waals surface area (Å²) in [7, 11) is 0.555. The SMILES string of the molecule is COC(CNS(=O)(=O)N(C)C)CC(=O)O. The Labute approximate surface area is 89.2 Å². The number of carbonyl (C=O) groups is 1. The van der Waals surface area contributed by atoms with Crippen molar-refractivity contribution in [3.05, 3.63) is 0 Å². The lowest BCUT2D eigenvalue weighted by molar-refractivity contribution is -0.139. The first kappa shape index (κ1) is 14.3. The predicted molar refractivity (Wildman–Crippen MR) is 53.7 cm³/mol. The first-order chi connectivity index (χ1) is 6.79. The van der Waals surface area contributed by atoms with E-state index in [2.05, 4.69) is 4.72 Å². The lowest BCUT2D eigenvalue weighted by Crippen LogP contribution is -2.40. The number of aliphatic carboxylic acids is 1. The van der Waals surface area contributed by atoms with Crippen LogP contribution in [0.2, 0.25) is 0 Å². The highest BCUT2D eigenvalue weighted by Crippen LogP contribution is 1.97. The third kappa shape index (κ3) is 5.67. The van der Waals surface area contributed by atoms with Crippen LogP contribution in [0.5, 0.6) is 0 Å². The molecule has 0 amide bonds. The summed E-state index contributed by atoms with van der Waals surface area (Å²) in [6, 6.07) is 0. The Morgan fingerprint density at radius 3 is 2.40 bits per heavy atom. The van der Waals surface area contributed by atoms with Crippen LogP contribution in [0.15, 0.2) is 0 Å². The van der Waals surface area contributed by atoms with Crippen molar-refractivity contribution in [3.63, 3.8) is 0 Å². The van der Waals surface area contributed by atoms with Crippen molar-refractivity contribution >= 4 is 16.2 Å². The van der Waals surface area contributed by atoms with Gasteiger partial charge in [0.25, 0.3) is 10.2 Å². The number of methoxy groups -OCH3 is 1. The molecule has 1 atom stereocenters. The Bertz CT molecular complexity index is 301. The van der Waals surface area contributed by atoms with Gasteiger partial charge in [-0.15, -0.1) is 0 Å². The minimum Gasteiger partial charge on any atom is -0.481 e. The topological polar surface area (TPSA) is 95.9 Å². The van der Waals surface area contributed by atoms with Crippen LogP contribution >= 0.6 is 0 Å². The molecule has 0 aromatic carbocycles. The normalized spacial score (nSPS) is 14.1. The molecule has 90 valence electrons. The Morgan fingerprint density at radius 1 is 1.53 bits per heavy atom. The van der Waals surface area contributed by atoms with Crippen LogP contribution in [0.1, 0.15) is 6.42 Å². The molecule has 0 aliphatic heterocycles. The molecule has 1 unspecified atom stereocenters. The average Bonchev–Trinajstić information content (AvgIpc) is 2.11. The van der Waals surface area contributed by atoms with Gasteiger partial charge in [0.1, 0.15) is 0 Å². The molecule has 0 aliphatic carbocycles. The number of carboxylic acid groups (broad SMARTS) is 1. The number of rotatable bonds is 7. The quantitative estimate of drug-likeness (QED) is 0.587. The Balaban J connectivity index is 4.18. The van der Waals surface area contributed by atoms with E-state index in [1.54, 1.807) is 0 Å². The largest absolute Gasteiger partial charge is 0.481 e. The van der Waals surface area contributed by atoms with E-state index in [9.17, 15) is 13.2 Å². The number of carboxylic acids is 1. The second kappa shape index (κ2) is 6.01. The van der Waals surface area contributed by atoms with Crippen LogP contribution in [0.4, 0.5) is 0 Å². The molecule has 0 bridgehead atoms. The van der Waals surface area contributed by atoms with E-state index in [-0.39, 0.29) is 13.0 Å². The standard InChI is InChI=1S/C7H16N2O5S/c1-9(2)15(12,13)8-5-6(14-3)4-7(10)11/h6,8H,4-5H2,1-3H3,(H,10,11). The molecule has 0 radical (unpaired) electrons. The van der Waals surface area contributed by atoms with Gasteiger partial charge in [-0.3, -0.25) is 4.79 Å². The van der Waals surface area contributed by atoms with E-state index in [0.29, 0.717) is 0 Å². The van der Waals surface area contributed by atoms with E-state index in [1.807, 2.05) is 0 Å². The minimum absolute atomic E-state index is 0.0662. The number of ether oxygens (including phenoxy) is 1. The van der Waals surface area contributed by atoms with E-state index in [4.69, 9.17) is 9.84 Å². The van der Waals surface area contributed by atoms with Crippen LogP contribution in [0.25, 0.3) is 0 Å². The van der Waals surface area contributed by atoms with Crippen molar-refractivity contribution in [2.75, 3.05) is 27.7 Å². The molecule has 2 N–H and O–H groups in total. The summed E-state index contributed by atoms with van der Waals surface area (Å²) in [5.74, 6) is -1.04.